The van der Waals surface area contributed by atoms with Crippen LogP contribution in [0.4, 0.5) is 0 Å². The van der Waals surface area contributed by atoms with Crippen LogP contribution in [0.2, 0.25) is 0 Å². The van der Waals surface area contributed by atoms with Crippen LogP contribution in [0.5, 0.6) is 5.75 Å². The molecule has 2 aromatic carbocycles. The van der Waals surface area contributed by atoms with E-state index in [9.17, 15) is 8.42 Å². The van der Waals surface area contributed by atoms with Gasteiger partial charge in [0.2, 0.25) is 10.0 Å². The van der Waals surface area contributed by atoms with Gasteiger partial charge in [-0.3, -0.25) is 4.98 Å². The fraction of sp³-hybridized carbons (Fsp3) is 0.167. The third kappa shape index (κ3) is 3.25. The first kappa shape index (κ1) is 16.4. The zero-order valence-electron chi connectivity index (χ0n) is 13.5. The summed E-state index contributed by atoms with van der Waals surface area (Å²) in [5, 5.41) is 0.930. The molecule has 5 nitrogen and oxygen atoms in total. The first-order valence-electron chi connectivity index (χ1n) is 7.48. The number of para-hydroxylation sites is 1. The molecule has 3 rings (SSSR count). The van der Waals surface area contributed by atoms with Gasteiger partial charge in [0, 0.05) is 18.1 Å². The molecule has 0 amide bonds. The number of sulfonamides is 1. The maximum absolute atomic E-state index is 12.7. The predicted molar refractivity (Wildman–Crippen MR) is 93.5 cm³/mol. The van der Waals surface area contributed by atoms with E-state index < -0.39 is 10.0 Å². The number of aryl methyl sites for hydroxylation is 1. The molecule has 0 aliphatic rings. The first-order chi connectivity index (χ1) is 11.5. The van der Waals surface area contributed by atoms with Gasteiger partial charge in [-0.1, -0.05) is 24.3 Å². The molecule has 0 unspecified atom stereocenters. The molecule has 1 heterocycles. The summed E-state index contributed by atoms with van der Waals surface area (Å²) in [6.45, 7) is 2.03. The Kier molecular flexibility index (Phi) is 4.51. The van der Waals surface area contributed by atoms with E-state index in [1.54, 1.807) is 18.3 Å². The van der Waals surface area contributed by atoms with Gasteiger partial charge < -0.3 is 4.74 Å². The Morgan fingerprint density at radius 3 is 2.71 bits per heavy atom. The molecule has 6 heteroatoms. The van der Waals surface area contributed by atoms with Crippen LogP contribution in [-0.4, -0.2) is 20.5 Å². The Morgan fingerprint density at radius 2 is 1.92 bits per heavy atom. The van der Waals surface area contributed by atoms with E-state index >= 15 is 0 Å². The summed E-state index contributed by atoms with van der Waals surface area (Å²) in [7, 11) is -2.23. The van der Waals surface area contributed by atoms with Gasteiger partial charge in [-0.25, -0.2) is 13.1 Å². The van der Waals surface area contributed by atoms with E-state index in [1.165, 1.54) is 7.11 Å². The zero-order chi connectivity index (χ0) is 17.2. The van der Waals surface area contributed by atoms with Gasteiger partial charge in [0.25, 0.3) is 0 Å². The molecule has 0 saturated heterocycles. The van der Waals surface area contributed by atoms with Crippen molar-refractivity contribution in [2.45, 2.75) is 18.4 Å². The molecule has 1 N–H and O–H groups in total. The highest BCUT2D eigenvalue weighted by molar-refractivity contribution is 7.89. The van der Waals surface area contributed by atoms with Crippen molar-refractivity contribution in [1.82, 2.24) is 9.71 Å². The van der Waals surface area contributed by atoms with Crippen LogP contribution in [-0.2, 0) is 16.6 Å². The highest BCUT2D eigenvalue weighted by Crippen LogP contribution is 2.25. The number of ether oxygens (including phenoxy) is 1. The van der Waals surface area contributed by atoms with Gasteiger partial charge in [-0.05, 0) is 42.3 Å². The number of rotatable bonds is 5. The van der Waals surface area contributed by atoms with Gasteiger partial charge in [0.1, 0.15) is 10.6 Å². The molecular weight excluding hydrogens is 324 g/mol. The van der Waals surface area contributed by atoms with Crippen molar-refractivity contribution in [2.75, 3.05) is 7.11 Å². The van der Waals surface area contributed by atoms with Gasteiger partial charge in [0.15, 0.2) is 0 Å². The fourth-order valence-electron chi connectivity index (χ4n) is 2.55. The number of pyridine rings is 1. The monoisotopic (exact) mass is 342 g/mol. The largest absolute Gasteiger partial charge is 0.495 e. The Labute approximate surface area is 141 Å². The molecule has 0 aliphatic heterocycles. The molecule has 3 aromatic rings. The summed E-state index contributed by atoms with van der Waals surface area (Å²) >= 11 is 0. The lowest BCUT2D eigenvalue weighted by molar-refractivity contribution is 0.402. The second kappa shape index (κ2) is 6.59. The Hall–Kier alpha value is -2.44. The second-order valence-corrected chi connectivity index (χ2v) is 7.20. The Morgan fingerprint density at radius 1 is 1.12 bits per heavy atom. The van der Waals surface area contributed by atoms with Crippen LogP contribution >= 0.6 is 0 Å². The minimum atomic E-state index is -3.69. The first-order valence-corrected chi connectivity index (χ1v) is 8.96. The number of nitrogens with zero attached hydrogens (tertiary/aromatic N) is 1. The van der Waals surface area contributed by atoms with Crippen LogP contribution in [0.1, 0.15) is 11.1 Å². The molecule has 1 aromatic heterocycles. The van der Waals surface area contributed by atoms with E-state index in [0.29, 0.717) is 5.75 Å². The Balaban J connectivity index is 1.92. The van der Waals surface area contributed by atoms with Crippen LogP contribution in [0.15, 0.2) is 59.6 Å². The summed E-state index contributed by atoms with van der Waals surface area (Å²) in [6, 6.07) is 14.5. The van der Waals surface area contributed by atoms with Gasteiger partial charge in [0.05, 0.1) is 12.6 Å². The molecule has 24 heavy (non-hydrogen) atoms. The zero-order valence-corrected chi connectivity index (χ0v) is 14.3. The average Bonchev–Trinajstić information content (AvgIpc) is 2.60. The van der Waals surface area contributed by atoms with E-state index in [2.05, 4.69) is 9.71 Å². The number of aromatic nitrogens is 1. The van der Waals surface area contributed by atoms with Crippen LogP contribution < -0.4 is 9.46 Å². The van der Waals surface area contributed by atoms with Gasteiger partial charge >= 0.3 is 0 Å². The van der Waals surface area contributed by atoms with Crippen LogP contribution in [0, 0.1) is 6.92 Å². The molecular formula is C18H18N2O3S. The third-order valence-corrected chi connectivity index (χ3v) is 5.22. The number of methoxy groups -OCH3 is 1. The molecule has 0 spiro atoms. The normalized spacial score (nSPS) is 11.6. The lowest BCUT2D eigenvalue weighted by atomic mass is 10.1. The second-order valence-electron chi connectivity index (χ2n) is 5.47. The molecule has 0 saturated carbocycles. The standard InChI is InChI=1S/C18H18N2O3S/c1-13-7-8-17(23-2)18(11-13)24(21,22)20-12-14-9-10-19-16-6-4-3-5-15(14)16/h3-11,20H,12H2,1-2H3. The maximum atomic E-state index is 12.7. The van der Waals surface area contributed by atoms with E-state index in [0.717, 1.165) is 22.0 Å². The van der Waals surface area contributed by atoms with Crippen molar-refractivity contribution in [3.63, 3.8) is 0 Å². The van der Waals surface area contributed by atoms with E-state index in [1.807, 2.05) is 43.3 Å². The topological polar surface area (TPSA) is 68.3 Å². The summed E-state index contributed by atoms with van der Waals surface area (Å²) < 4.78 is 33.2. The summed E-state index contributed by atoms with van der Waals surface area (Å²) in [4.78, 5) is 4.43. The molecule has 0 atom stereocenters. The molecule has 0 aliphatic carbocycles. The van der Waals surface area contributed by atoms with Crippen LogP contribution in [0.3, 0.4) is 0 Å². The summed E-state index contributed by atoms with van der Waals surface area (Å²) in [6.07, 6.45) is 1.68. The number of benzene rings is 2. The van der Waals surface area contributed by atoms with Gasteiger partial charge in [-0.2, -0.15) is 0 Å². The predicted octanol–water partition coefficient (Wildman–Crippen LogP) is 3.03. The Bertz CT molecular complexity index is 979. The minimum absolute atomic E-state index is 0.142. The van der Waals surface area contributed by atoms with Crippen molar-refractivity contribution in [1.29, 1.82) is 0 Å². The van der Waals surface area contributed by atoms with Crippen molar-refractivity contribution in [2.24, 2.45) is 0 Å². The van der Waals surface area contributed by atoms with Crippen molar-refractivity contribution < 1.29 is 13.2 Å². The average molecular weight is 342 g/mol. The molecule has 0 fully saturated rings. The fourth-order valence-corrected chi connectivity index (χ4v) is 3.81. The highest BCUT2D eigenvalue weighted by Gasteiger charge is 2.19. The van der Waals surface area contributed by atoms with E-state index in [-0.39, 0.29) is 11.4 Å². The quantitative estimate of drug-likeness (QED) is 0.774. The molecule has 124 valence electrons. The molecule has 0 radical (unpaired) electrons. The SMILES string of the molecule is COc1ccc(C)cc1S(=O)(=O)NCc1ccnc2ccccc12. The number of nitrogens with one attached hydrogen (secondary N) is 1. The maximum Gasteiger partial charge on any atom is 0.244 e. The lowest BCUT2D eigenvalue weighted by Gasteiger charge is -2.12. The lowest BCUT2D eigenvalue weighted by Crippen LogP contribution is -2.24. The van der Waals surface area contributed by atoms with E-state index in [4.69, 9.17) is 4.74 Å². The number of fused-ring (bicyclic) bond motifs is 1. The minimum Gasteiger partial charge on any atom is -0.495 e. The molecule has 0 bridgehead atoms. The smallest absolute Gasteiger partial charge is 0.244 e. The van der Waals surface area contributed by atoms with Crippen molar-refractivity contribution in [3.05, 3.63) is 65.9 Å². The van der Waals surface area contributed by atoms with Crippen molar-refractivity contribution >= 4 is 20.9 Å². The van der Waals surface area contributed by atoms with Crippen LogP contribution in [0.25, 0.3) is 10.9 Å². The number of hydrogen-bond acceptors (Lipinski definition) is 4. The van der Waals surface area contributed by atoms with Crippen molar-refractivity contribution in [3.8, 4) is 5.75 Å². The summed E-state index contributed by atoms with van der Waals surface area (Å²) in [5.74, 6) is 0.327. The summed E-state index contributed by atoms with van der Waals surface area (Å²) in [5.41, 5.74) is 2.56. The number of hydrogen-bond donors (Lipinski definition) is 1. The van der Waals surface area contributed by atoms with Gasteiger partial charge in [-0.15, -0.1) is 0 Å². The highest BCUT2D eigenvalue weighted by atomic mass is 32.2. The third-order valence-electron chi connectivity index (χ3n) is 3.80.